The molecule has 0 aromatic carbocycles. The highest BCUT2D eigenvalue weighted by molar-refractivity contribution is 6.58. The minimum atomic E-state index is -0.526. The summed E-state index contributed by atoms with van der Waals surface area (Å²) < 4.78 is 10.7. The smallest absolute Gasteiger partial charge is 0.0439 e. The van der Waals surface area contributed by atoms with Gasteiger partial charge in [-0.05, 0) is 25.9 Å². The molecule has 0 heterocycles. The van der Waals surface area contributed by atoms with E-state index >= 15 is 0 Å². The van der Waals surface area contributed by atoms with Crippen molar-refractivity contribution >= 4 is 8.80 Å². The molecule has 0 aromatic rings. The molecule has 0 rings (SSSR count). The van der Waals surface area contributed by atoms with E-state index in [1.54, 1.807) is 0 Å². The van der Waals surface area contributed by atoms with Crippen LogP contribution in [0.5, 0.6) is 0 Å². The molecule has 0 amide bonds. The summed E-state index contributed by atoms with van der Waals surface area (Å²) in [6.45, 7) is 10.1. The molecule has 0 aromatic heterocycles. The summed E-state index contributed by atoms with van der Waals surface area (Å²) in [6, 6.07) is 4.01. The SMILES string of the molecule is CCOCC[SiH](CC)CCOCC. The van der Waals surface area contributed by atoms with Crippen LogP contribution < -0.4 is 0 Å². The van der Waals surface area contributed by atoms with Gasteiger partial charge in [-0.3, -0.25) is 0 Å². The predicted molar refractivity (Wildman–Crippen MR) is 60.2 cm³/mol. The summed E-state index contributed by atoms with van der Waals surface area (Å²) in [5.74, 6) is 0. The lowest BCUT2D eigenvalue weighted by Gasteiger charge is -2.12. The summed E-state index contributed by atoms with van der Waals surface area (Å²) >= 11 is 0. The molecule has 0 aliphatic heterocycles. The lowest BCUT2D eigenvalue weighted by Crippen LogP contribution is -2.16. The molecular weight excluding hydrogens is 180 g/mol. The van der Waals surface area contributed by atoms with Gasteiger partial charge in [-0.25, -0.2) is 0 Å². The van der Waals surface area contributed by atoms with Crippen LogP contribution in [0.1, 0.15) is 20.8 Å². The highest BCUT2D eigenvalue weighted by Crippen LogP contribution is 2.05. The Morgan fingerprint density at radius 1 is 0.846 bits per heavy atom. The van der Waals surface area contributed by atoms with Gasteiger partial charge in [0, 0.05) is 35.2 Å². The molecule has 0 aliphatic carbocycles. The molecule has 0 unspecified atom stereocenters. The van der Waals surface area contributed by atoms with Gasteiger partial charge >= 0.3 is 0 Å². The van der Waals surface area contributed by atoms with Crippen molar-refractivity contribution in [2.75, 3.05) is 26.4 Å². The van der Waals surface area contributed by atoms with Crippen molar-refractivity contribution < 1.29 is 9.47 Å². The van der Waals surface area contributed by atoms with Crippen LogP contribution in [0.2, 0.25) is 18.1 Å². The van der Waals surface area contributed by atoms with Crippen LogP contribution in [0.25, 0.3) is 0 Å². The molecule has 0 aliphatic rings. The summed E-state index contributed by atoms with van der Waals surface area (Å²) in [5, 5.41) is 0. The summed E-state index contributed by atoms with van der Waals surface area (Å²) in [7, 11) is -0.526. The Morgan fingerprint density at radius 3 is 1.62 bits per heavy atom. The van der Waals surface area contributed by atoms with E-state index < -0.39 is 8.80 Å². The molecule has 0 radical (unpaired) electrons. The van der Waals surface area contributed by atoms with Crippen LogP contribution in [-0.4, -0.2) is 35.2 Å². The third-order valence-corrected chi connectivity index (χ3v) is 5.59. The second-order valence-electron chi connectivity index (χ2n) is 3.25. The van der Waals surface area contributed by atoms with Crippen LogP contribution in [0.3, 0.4) is 0 Å². The van der Waals surface area contributed by atoms with Crippen LogP contribution in [0.4, 0.5) is 0 Å². The minimum absolute atomic E-state index is 0.526. The standard InChI is InChI=1S/C10H24O2Si/c1-4-11-7-9-13(6-3)10-8-12-5-2/h13H,4-10H2,1-3H3. The van der Waals surface area contributed by atoms with Crippen LogP contribution in [0.15, 0.2) is 0 Å². The molecule has 80 valence electrons. The van der Waals surface area contributed by atoms with Crippen molar-refractivity contribution in [2.24, 2.45) is 0 Å². The largest absolute Gasteiger partial charge is 0.382 e. The fraction of sp³-hybridized carbons (Fsp3) is 1.00. The van der Waals surface area contributed by atoms with Gasteiger partial charge in [0.05, 0.1) is 0 Å². The Bertz CT molecular complexity index is 88.9. The quantitative estimate of drug-likeness (QED) is 0.424. The first-order valence-electron chi connectivity index (χ1n) is 5.50. The first kappa shape index (κ1) is 13.1. The maximum atomic E-state index is 5.37. The highest BCUT2D eigenvalue weighted by atomic mass is 28.3. The van der Waals surface area contributed by atoms with Gasteiger partial charge < -0.3 is 9.47 Å². The summed E-state index contributed by atoms with van der Waals surface area (Å²) in [5.41, 5.74) is 0. The van der Waals surface area contributed by atoms with Gasteiger partial charge in [-0.2, -0.15) is 0 Å². The molecule has 0 saturated heterocycles. The topological polar surface area (TPSA) is 18.5 Å². The van der Waals surface area contributed by atoms with E-state index in [1.165, 1.54) is 18.1 Å². The van der Waals surface area contributed by atoms with Crippen molar-refractivity contribution in [1.82, 2.24) is 0 Å². The molecule has 2 nitrogen and oxygen atoms in total. The third kappa shape index (κ3) is 8.47. The van der Waals surface area contributed by atoms with Gasteiger partial charge in [-0.1, -0.05) is 13.0 Å². The van der Waals surface area contributed by atoms with Crippen LogP contribution in [0, 0.1) is 0 Å². The maximum absolute atomic E-state index is 5.37. The fourth-order valence-electron chi connectivity index (χ4n) is 1.34. The van der Waals surface area contributed by atoms with E-state index in [9.17, 15) is 0 Å². The first-order chi connectivity index (χ1) is 6.35. The van der Waals surface area contributed by atoms with Crippen molar-refractivity contribution in [3.63, 3.8) is 0 Å². The number of hydrogen-bond donors (Lipinski definition) is 0. The molecule has 0 spiro atoms. The van der Waals surface area contributed by atoms with Gasteiger partial charge in [0.1, 0.15) is 0 Å². The van der Waals surface area contributed by atoms with Crippen molar-refractivity contribution in [1.29, 1.82) is 0 Å². The predicted octanol–water partition coefficient (Wildman–Crippen LogP) is 2.31. The van der Waals surface area contributed by atoms with E-state index in [0.717, 1.165) is 26.4 Å². The van der Waals surface area contributed by atoms with Gasteiger partial charge in [0.15, 0.2) is 0 Å². The van der Waals surface area contributed by atoms with Gasteiger partial charge in [-0.15, -0.1) is 0 Å². The molecule has 3 heteroatoms. The van der Waals surface area contributed by atoms with Gasteiger partial charge in [0.25, 0.3) is 0 Å². The molecule has 0 fully saturated rings. The summed E-state index contributed by atoms with van der Waals surface area (Å²) in [6.07, 6.45) is 0. The Kier molecular flexibility index (Phi) is 10.3. The normalized spacial score (nSPS) is 11.1. The zero-order valence-corrected chi connectivity index (χ0v) is 10.5. The van der Waals surface area contributed by atoms with Crippen LogP contribution >= 0.6 is 0 Å². The first-order valence-corrected chi connectivity index (χ1v) is 7.95. The van der Waals surface area contributed by atoms with E-state index in [-0.39, 0.29) is 0 Å². The van der Waals surface area contributed by atoms with Gasteiger partial charge in [0.2, 0.25) is 0 Å². The fourth-order valence-corrected chi connectivity index (χ4v) is 3.45. The van der Waals surface area contributed by atoms with Crippen molar-refractivity contribution in [2.45, 2.75) is 38.9 Å². The van der Waals surface area contributed by atoms with E-state index in [2.05, 4.69) is 20.8 Å². The second kappa shape index (κ2) is 10.2. The minimum Gasteiger partial charge on any atom is -0.382 e. The number of ether oxygens (including phenoxy) is 2. The third-order valence-electron chi connectivity index (χ3n) is 2.33. The average Bonchev–Trinajstić information content (AvgIpc) is 2.16. The maximum Gasteiger partial charge on any atom is 0.0439 e. The lowest BCUT2D eigenvalue weighted by molar-refractivity contribution is 0.156. The molecule has 0 atom stereocenters. The Labute approximate surface area is 84.2 Å². The lowest BCUT2D eigenvalue weighted by atomic mass is 10.8. The van der Waals surface area contributed by atoms with E-state index in [4.69, 9.17) is 9.47 Å². The zero-order chi connectivity index (χ0) is 9.94. The Morgan fingerprint density at radius 2 is 1.31 bits per heavy atom. The monoisotopic (exact) mass is 204 g/mol. The summed E-state index contributed by atoms with van der Waals surface area (Å²) in [4.78, 5) is 0. The number of hydrogen-bond acceptors (Lipinski definition) is 2. The van der Waals surface area contributed by atoms with Crippen molar-refractivity contribution in [3.05, 3.63) is 0 Å². The number of rotatable bonds is 9. The molecule has 0 N–H and O–H groups in total. The molecule has 0 bridgehead atoms. The van der Waals surface area contributed by atoms with E-state index in [1.807, 2.05) is 0 Å². The van der Waals surface area contributed by atoms with E-state index in [0.29, 0.717) is 0 Å². The second-order valence-corrected chi connectivity index (χ2v) is 6.95. The molecule has 13 heavy (non-hydrogen) atoms. The van der Waals surface area contributed by atoms with Crippen molar-refractivity contribution in [3.8, 4) is 0 Å². The Balaban J connectivity index is 3.28. The average molecular weight is 204 g/mol. The molecular formula is C10H24O2Si. The van der Waals surface area contributed by atoms with Crippen LogP contribution in [-0.2, 0) is 9.47 Å². The zero-order valence-electron chi connectivity index (χ0n) is 9.34. The highest BCUT2D eigenvalue weighted by Gasteiger charge is 2.07. The molecule has 0 saturated carbocycles. The Hall–Kier alpha value is 0.137.